The Morgan fingerprint density at radius 3 is 2.90 bits per heavy atom. The number of pyridine rings is 1. The molecule has 2 N–H and O–H groups in total. The SMILES string of the molecule is CCOc1cccc(-c2noc(-c3ccnc(N)c3)n2)c1. The van der Waals surface area contributed by atoms with E-state index in [0.29, 0.717) is 24.1 Å². The van der Waals surface area contributed by atoms with E-state index >= 15 is 0 Å². The van der Waals surface area contributed by atoms with Crippen molar-refractivity contribution in [1.82, 2.24) is 15.1 Å². The van der Waals surface area contributed by atoms with Gasteiger partial charge in [0.05, 0.1) is 6.61 Å². The summed E-state index contributed by atoms with van der Waals surface area (Å²) < 4.78 is 10.7. The molecular formula is C15H14N4O2. The van der Waals surface area contributed by atoms with Crippen molar-refractivity contribution in [3.63, 3.8) is 0 Å². The molecule has 0 bridgehead atoms. The van der Waals surface area contributed by atoms with Crippen LogP contribution in [0.2, 0.25) is 0 Å². The van der Waals surface area contributed by atoms with Gasteiger partial charge in [-0.15, -0.1) is 0 Å². The Balaban J connectivity index is 1.93. The van der Waals surface area contributed by atoms with Crippen molar-refractivity contribution in [2.24, 2.45) is 0 Å². The highest BCUT2D eigenvalue weighted by Gasteiger charge is 2.11. The minimum Gasteiger partial charge on any atom is -0.494 e. The average Bonchev–Trinajstić information content (AvgIpc) is 2.98. The molecule has 0 aliphatic rings. The molecule has 3 aromatic rings. The predicted octanol–water partition coefficient (Wildman–Crippen LogP) is 2.78. The lowest BCUT2D eigenvalue weighted by molar-refractivity contribution is 0.340. The van der Waals surface area contributed by atoms with Gasteiger partial charge in [0.25, 0.3) is 5.89 Å². The molecule has 0 aliphatic carbocycles. The molecule has 2 aromatic heterocycles. The number of aromatic nitrogens is 3. The van der Waals surface area contributed by atoms with Gasteiger partial charge in [-0.25, -0.2) is 4.98 Å². The summed E-state index contributed by atoms with van der Waals surface area (Å²) in [6.07, 6.45) is 1.60. The van der Waals surface area contributed by atoms with E-state index in [1.54, 1.807) is 18.3 Å². The van der Waals surface area contributed by atoms with Crippen LogP contribution in [-0.4, -0.2) is 21.7 Å². The maximum atomic E-state index is 5.65. The standard InChI is InChI=1S/C15H14N4O2/c1-2-20-12-5-3-4-10(8-12)14-18-15(21-19-14)11-6-7-17-13(16)9-11/h3-9H,2H2,1H3,(H2,16,17). The van der Waals surface area contributed by atoms with Crippen LogP contribution in [0.5, 0.6) is 5.75 Å². The lowest BCUT2D eigenvalue weighted by atomic mass is 10.2. The minimum absolute atomic E-state index is 0.404. The lowest BCUT2D eigenvalue weighted by Crippen LogP contribution is -1.91. The van der Waals surface area contributed by atoms with Crippen LogP contribution < -0.4 is 10.5 Å². The second kappa shape index (κ2) is 5.62. The van der Waals surface area contributed by atoms with Gasteiger partial charge in [0.2, 0.25) is 5.82 Å². The normalized spacial score (nSPS) is 10.5. The minimum atomic E-state index is 0.404. The highest BCUT2D eigenvalue weighted by atomic mass is 16.5. The smallest absolute Gasteiger partial charge is 0.258 e. The van der Waals surface area contributed by atoms with Crippen molar-refractivity contribution in [3.8, 4) is 28.6 Å². The van der Waals surface area contributed by atoms with Crippen molar-refractivity contribution >= 4 is 5.82 Å². The van der Waals surface area contributed by atoms with Crippen LogP contribution in [0.3, 0.4) is 0 Å². The average molecular weight is 282 g/mol. The molecule has 0 amide bonds. The first-order valence-electron chi connectivity index (χ1n) is 6.55. The second-order valence-electron chi connectivity index (χ2n) is 4.35. The third kappa shape index (κ3) is 2.84. The molecule has 1 aromatic carbocycles. The van der Waals surface area contributed by atoms with Crippen molar-refractivity contribution in [2.45, 2.75) is 6.92 Å². The van der Waals surface area contributed by atoms with E-state index in [-0.39, 0.29) is 0 Å². The number of hydrogen-bond acceptors (Lipinski definition) is 6. The molecular weight excluding hydrogens is 268 g/mol. The summed E-state index contributed by atoms with van der Waals surface area (Å²) in [6.45, 7) is 2.55. The Kier molecular flexibility index (Phi) is 3.51. The van der Waals surface area contributed by atoms with Gasteiger partial charge in [-0.3, -0.25) is 0 Å². The zero-order valence-corrected chi connectivity index (χ0v) is 11.5. The topological polar surface area (TPSA) is 87.1 Å². The summed E-state index contributed by atoms with van der Waals surface area (Å²) >= 11 is 0. The predicted molar refractivity (Wildman–Crippen MR) is 78.5 cm³/mol. The van der Waals surface area contributed by atoms with Crippen LogP contribution >= 0.6 is 0 Å². The summed E-state index contributed by atoms with van der Waals surface area (Å²) in [4.78, 5) is 8.31. The molecule has 2 heterocycles. The van der Waals surface area contributed by atoms with Crippen LogP contribution in [0.1, 0.15) is 6.92 Å². The number of hydrogen-bond donors (Lipinski definition) is 1. The zero-order chi connectivity index (χ0) is 14.7. The van der Waals surface area contributed by atoms with Crippen molar-refractivity contribution in [3.05, 3.63) is 42.6 Å². The van der Waals surface area contributed by atoms with E-state index in [9.17, 15) is 0 Å². The Morgan fingerprint density at radius 2 is 2.10 bits per heavy atom. The number of rotatable bonds is 4. The zero-order valence-electron chi connectivity index (χ0n) is 11.5. The van der Waals surface area contributed by atoms with Gasteiger partial charge in [0, 0.05) is 17.3 Å². The van der Waals surface area contributed by atoms with E-state index in [4.69, 9.17) is 15.0 Å². The molecule has 0 fully saturated rings. The summed E-state index contributed by atoms with van der Waals surface area (Å²) in [6, 6.07) is 11.0. The van der Waals surface area contributed by atoms with E-state index in [2.05, 4.69) is 15.1 Å². The fraction of sp³-hybridized carbons (Fsp3) is 0.133. The van der Waals surface area contributed by atoms with E-state index in [0.717, 1.165) is 16.9 Å². The van der Waals surface area contributed by atoms with Gasteiger partial charge in [0.15, 0.2) is 0 Å². The lowest BCUT2D eigenvalue weighted by Gasteiger charge is -2.02. The number of benzene rings is 1. The Hall–Kier alpha value is -2.89. The molecule has 0 spiro atoms. The third-order valence-electron chi connectivity index (χ3n) is 2.86. The highest BCUT2D eigenvalue weighted by molar-refractivity contribution is 5.62. The molecule has 0 saturated carbocycles. The number of nitrogens with zero attached hydrogens (tertiary/aromatic N) is 3. The third-order valence-corrected chi connectivity index (χ3v) is 2.86. The maximum absolute atomic E-state index is 5.65. The van der Waals surface area contributed by atoms with Gasteiger partial charge in [-0.2, -0.15) is 4.98 Å². The molecule has 0 aliphatic heterocycles. The summed E-state index contributed by atoms with van der Waals surface area (Å²) in [5.74, 6) is 2.09. The number of nitrogen functional groups attached to an aromatic ring is 1. The van der Waals surface area contributed by atoms with Gasteiger partial charge >= 0.3 is 0 Å². The molecule has 6 nitrogen and oxygen atoms in total. The first kappa shape index (κ1) is 13.1. The molecule has 0 saturated heterocycles. The molecule has 106 valence electrons. The Labute approximate surface area is 121 Å². The highest BCUT2D eigenvalue weighted by Crippen LogP contribution is 2.25. The van der Waals surface area contributed by atoms with Crippen molar-refractivity contribution < 1.29 is 9.26 Å². The van der Waals surface area contributed by atoms with Crippen LogP contribution in [-0.2, 0) is 0 Å². The van der Waals surface area contributed by atoms with E-state index in [1.165, 1.54) is 0 Å². The molecule has 0 unspecified atom stereocenters. The van der Waals surface area contributed by atoms with E-state index < -0.39 is 0 Å². The maximum Gasteiger partial charge on any atom is 0.258 e. The van der Waals surface area contributed by atoms with Crippen LogP contribution in [0.15, 0.2) is 47.1 Å². The second-order valence-corrected chi connectivity index (χ2v) is 4.35. The summed E-state index contributed by atoms with van der Waals surface area (Å²) in [5.41, 5.74) is 7.22. The van der Waals surface area contributed by atoms with Crippen LogP contribution in [0, 0.1) is 0 Å². The van der Waals surface area contributed by atoms with Crippen LogP contribution in [0.25, 0.3) is 22.8 Å². The first-order valence-corrected chi connectivity index (χ1v) is 6.55. The van der Waals surface area contributed by atoms with Gasteiger partial charge in [-0.05, 0) is 31.2 Å². The first-order chi connectivity index (χ1) is 10.3. The number of ether oxygens (including phenoxy) is 1. The van der Waals surface area contributed by atoms with Gasteiger partial charge < -0.3 is 15.0 Å². The number of nitrogens with two attached hydrogens (primary N) is 1. The van der Waals surface area contributed by atoms with Gasteiger partial charge in [0.1, 0.15) is 11.6 Å². The molecule has 21 heavy (non-hydrogen) atoms. The van der Waals surface area contributed by atoms with Crippen molar-refractivity contribution in [1.29, 1.82) is 0 Å². The fourth-order valence-corrected chi connectivity index (χ4v) is 1.93. The summed E-state index contributed by atoms with van der Waals surface area (Å²) in [7, 11) is 0. The quantitative estimate of drug-likeness (QED) is 0.791. The van der Waals surface area contributed by atoms with Crippen LogP contribution in [0.4, 0.5) is 5.82 Å². The largest absolute Gasteiger partial charge is 0.494 e. The van der Waals surface area contributed by atoms with Crippen molar-refractivity contribution in [2.75, 3.05) is 12.3 Å². The Morgan fingerprint density at radius 1 is 1.19 bits per heavy atom. The monoisotopic (exact) mass is 282 g/mol. The summed E-state index contributed by atoms with van der Waals surface area (Å²) in [5, 5.41) is 3.99. The Bertz CT molecular complexity index is 755. The molecule has 0 radical (unpaired) electrons. The van der Waals surface area contributed by atoms with Gasteiger partial charge in [-0.1, -0.05) is 17.3 Å². The molecule has 3 rings (SSSR count). The molecule has 0 atom stereocenters. The molecule has 6 heteroatoms. The fourth-order valence-electron chi connectivity index (χ4n) is 1.93. The van der Waals surface area contributed by atoms with E-state index in [1.807, 2.05) is 31.2 Å². The number of anilines is 1.